The third-order valence-corrected chi connectivity index (χ3v) is 4.75. The highest BCUT2D eigenvalue weighted by atomic mass is 35.5. The monoisotopic (exact) mass is 441 g/mol. The summed E-state index contributed by atoms with van der Waals surface area (Å²) in [5.74, 6) is 0.705. The number of furan rings is 1. The molecule has 0 unspecified atom stereocenters. The van der Waals surface area contributed by atoms with Crippen molar-refractivity contribution in [3.8, 4) is 5.75 Å². The summed E-state index contributed by atoms with van der Waals surface area (Å²) < 4.78 is 13.0. The van der Waals surface area contributed by atoms with Gasteiger partial charge in [-0.15, -0.1) is 0 Å². The zero-order valence-corrected chi connectivity index (χ0v) is 17.3. The smallest absolute Gasteiger partial charge is 0.286 e. The Morgan fingerprint density at radius 2 is 1.96 bits per heavy atom. The Morgan fingerprint density at radius 1 is 1.21 bits per heavy atom. The van der Waals surface area contributed by atoms with Crippen molar-refractivity contribution in [2.45, 2.75) is 26.5 Å². The molecule has 2 aromatic heterocycles. The Labute approximate surface area is 177 Å². The van der Waals surface area contributed by atoms with Crippen molar-refractivity contribution >= 4 is 40.7 Å². The molecule has 3 aromatic rings. The number of hydrogen-bond acceptors (Lipinski definition) is 4. The summed E-state index contributed by atoms with van der Waals surface area (Å²) in [6, 6.07) is 8.28. The number of aryl methyl sites for hydroxylation is 2. The second-order valence-electron chi connectivity index (χ2n) is 6.06. The van der Waals surface area contributed by atoms with Gasteiger partial charge in [0.05, 0.1) is 10.0 Å². The highest BCUT2D eigenvalue weighted by Gasteiger charge is 2.13. The molecule has 9 heteroatoms. The Hall–Kier alpha value is -2.15. The molecule has 0 spiro atoms. The van der Waals surface area contributed by atoms with Crippen LogP contribution in [0.15, 0.2) is 40.9 Å². The second kappa shape index (κ2) is 9.37. The van der Waals surface area contributed by atoms with Gasteiger partial charge in [-0.05, 0) is 43.7 Å². The number of nitrogens with one attached hydrogen (secondary N) is 1. The summed E-state index contributed by atoms with van der Waals surface area (Å²) in [7, 11) is 0. The van der Waals surface area contributed by atoms with Crippen LogP contribution >= 0.6 is 34.8 Å². The average molecular weight is 443 g/mol. The number of carbonyl (C=O) groups is 1. The lowest BCUT2D eigenvalue weighted by Gasteiger charge is -2.09. The summed E-state index contributed by atoms with van der Waals surface area (Å²) in [6.07, 6.45) is 2.52. The van der Waals surface area contributed by atoms with Crippen molar-refractivity contribution in [3.63, 3.8) is 0 Å². The average Bonchev–Trinajstić information content (AvgIpc) is 3.27. The van der Waals surface area contributed by atoms with E-state index in [0.29, 0.717) is 33.1 Å². The van der Waals surface area contributed by atoms with Crippen LogP contribution in [-0.4, -0.2) is 22.2 Å². The number of aromatic nitrogens is 2. The van der Waals surface area contributed by atoms with Gasteiger partial charge in [0.25, 0.3) is 5.91 Å². The largest absolute Gasteiger partial charge is 0.483 e. The quantitative estimate of drug-likeness (QED) is 0.490. The van der Waals surface area contributed by atoms with Crippen LogP contribution in [0, 0.1) is 6.92 Å². The maximum atomic E-state index is 12.2. The van der Waals surface area contributed by atoms with E-state index in [1.54, 1.807) is 18.3 Å². The van der Waals surface area contributed by atoms with E-state index in [4.69, 9.17) is 44.0 Å². The molecule has 1 aromatic carbocycles. The lowest BCUT2D eigenvalue weighted by atomic mass is 10.3. The standard InChI is InChI=1S/C19H18Cl3N3O3/c1-12-5-7-24-25(12)8-2-6-23-19(26)17-4-3-14(28-17)11-27-18-15(21)9-13(20)10-16(18)22/h3-5,7,9-10H,2,6,8,11H2,1H3,(H,23,26). The van der Waals surface area contributed by atoms with E-state index in [2.05, 4.69) is 10.4 Å². The van der Waals surface area contributed by atoms with E-state index < -0.39 is 0 Å². The molecule has 0 saturated heterocycles. The van der Waals surface area contributed by atoms with Gasteiger partial charge in [-0.3, -0.25) is 9.48 Å². The summed E-state index contributed by atoms with van der Waals surface area (Å²) in [4.78, 5) is 12.2. The molecular weight excluding hydrogens is 425 g/mol. The van der Waals surface area contributed by atoms with Crippen LogP contribution in [0.5, 0.6) is 5.75 Å². The topological polar surface area (TPSA) is 69.3 Å². The molecule has 28 heavy (non-hydrogen) atoms. The predicted octanol–water partition coefficient (Wildman–Crippen LogP) is 5.14. The fourth-order valence-corrected chi connectivity index (χ4v) is 3.46. The van der Waals surface area contributed by atoms with Crippen molar-refractivity contribution in [1.29, 1.82) is 0 Å². The first kappa shape index (κ1) is 20.6. The zero-order valence-electron chi connectivity index (χ0n) is 15.0. The van der Waals surface area contributed by atoms with Crippen LogP contribution in [-0.2, 0) is 13.2 Å². The Bertz CT molecular complexity index is 945. The molecule has 2 heterocycles. The first-order valence-corrected chi connectivity index (χ1v) is 9.70. The molecule has 0 bridgehead atoms. The van der Waals surface area contributed by atoms with Crippen LogP contribution in [0.2, 0.25) is 15.1 Å². The van der Waals surface area contributed by atoms with Crippen LogP contribution in [0.1, 0.15) is 28.4 Å². The van der Waals surface area contributed by atoms with Crippen LogP contribution in [0.25, 0.3) is 0 Å². The maximum absolute atomic E-state index is 12.2. The number of amides is 1. The molecule has 0 radical (unpaired) electrons. The van der Waals surface area contributed by atoms with Crippen LogP contribution in [0.4, 0.5) is 0 Å². The molecule has 6 nitrogen and oxygen atoms in total. The molecule has 1 amide bonds. The first-order valence-electron chi connectivity index (χ1n) is 8.56. The normalized spacial score (nSPS) is 10.9. The van der Waals surface area contributed by atoms with Gasteiger partial charge in [-0.1, -0.05) is 34.8 Å². The minimum atomic E-state index is -0.286. The molecule has 1 N–H and O–H groups in total. The van der Waals surface area contributed by atoms with Gasteiger partial charge < -0.3 is 14.5 Å². The SMILES string of the molecule is Cc1ccnn1CCCNC(=O)c1ccc(COc2c(Cl)cc(Cl)cc2Cl)o1. The van der Waals surface area contributed by atoms with E-state index in [9.17, 15) is 4.79 Å². The third kappa shape index (κ3) is 5.22. The van der Waals surface area contributed by atoms with Gasteiger partial charge in [0.1, 0.15) is 12.4 Å². The number of rotatable bonds is 8. The Balaban J connectivity index is 1.48. The summed E-state index contributed by atoms with van der Waals surface area (Å²) in [5, 5.41) is 8.04. The van der Waals surface area contributed by atoms with Crippen molar-refractivity contribution in [3.05, 3.63) is 68.8 Å². The number of ether oxygens (including phenoxy) is 1. The fraction of sp³-hybridized carbons (Fsp3) is 0.263. The number of carbonyl (C=O) groups excluding carboxylic acids is 1. The molecule has 0 fully saturated rings. The number of hydrogen-bond donors (Lipinski definition) is 1. The van der Waals surface area contributed by atoms with Crippen molar-refractivity contribution in [2.75, 3.05) is 6.54 Å². The van der Waals surface area contributed by atoms with E-state index in [1.165, 1.54) is 12.1 Å². The van der Waals surface area contributed by atoms with Crippen molar-refractivity contribution < 1.29 is 13.9 Å². The van der Waals surface area contributed by atoms with E-state index in [0.717, 1.165) is 18.7 Å². The summed E-state index contributed by atoms with van der Waals surface area (Å²) >= 11 is 18.0. The fourth-order valence-electron chi connectivity index (χ4n) is 2.54. The predicted molar refractivity (Wildman–Crippen MR) is 108 cm³/mol. The number of benzene rings is 1. The minimum absolute atomic E-state index is 0.0763. The molecule has 0 aliphatic heterocycles. The lowest BCUT2D eigenvalue weighted by molar-refractivity contribution is 0.0921. The van der Waals surface area contributed by atoms with Gasteiger partial charge in [-0.2, -0.15) is 5.10 Å². The van der Waals surface area contributed by atoms with E-state index >= 15 is 0 Å². The van der Waals surface area contributed by atoms with E-state index in [-0.39, 0.29) is 18.3 Å². The molecule has 3 rings (SSSR count). The first-order chi connectivity index (χ1) is 13.4. The molecule has 0 atom stereocenters. The maximum Gasteiger partial charge on any atom is 0.286 e. The molecule has 0 aliphatic carbocycles. The highest BCUT2D eigenvalue weighted by molar-refractivity contribution is 6.40. The minimum Gasteiger partial charge on any atom is -0.483 e. The van der Waals surface area contributed by atoms with Crippen LogP contribution in [0.3, 0.4) is 0 Å². The summed E-state index contributed by atoms with van der Waals surface area (Å²) in [6.45, 7) is 3.31. The third-order valence-electron chi connectivity index (χ3n) is 3.97. The molecule has 148 valence electrons. The number of halogens is 3. The highest BCUT2D eigenvalue weighted by Crippen LogP contribution is 2.36. The Kier molecular flexibility index (Phi) is 6.88. The molecule has 0 saturated carbocycles. The van der Waals surface area contributed by atoms with Gasteiger partial charge >= 0.3 is 0 Å². The summed E-state index contributed by atoms with van der Waals surface area (Å²) in [5.41, 5.74) is 1.09. The molecule has 0 aliphatic rings. The van der Waals surface area contributed by atoms with Crippen molar-refractivity contribution in [2.24, 2.45) is 0 Å². The van der Waals surface area contributed by atoms with Gasteiger partial charge in [0.15, 0.2) is 11.5 Å². The van der Waals surface area contributed by atoms with Crippen molar-refractivity contribution in [1.82, 2.24) is 15.1 Å². The van der Waals surface area contributed by atoms with Gasteiger partial charge in [-0.25, -0.2) is 0 Å². The zero-order chi connectivity index (χ0) is 20.1. The van der Waals surface area contributed by atoms with Gasteiger partial charge in [0.2, 0.25) is 0 Å². The Morgan fingerprint density at radius 3 is 2.64 bits per heavy atom. The van der Waals surface area contributed by atoms with Gasteiger partial charge in [0, 0.05) is 30.0 Å². The second-order valence-corrected chi connectivity index (χ2v) is 7.31. The van der Waals surface area contributed by atoms with Crippen LogP contribution < -0.4 is 10.1 Å². The molecular formula is C19H18Cl3N3O3. The number of nitrogens with zero attached hydrogens (tertiary/aromatic N) is 2. The van der Waals surface area contributed by atoms with E-state index in [1.807, 2.05) is 17.7 Å². The lowest BCUT2D eigenvalue weighted by Crippen LogP contribution is -2.25.